The molecule has 0 aliphatic carbocycles. The van der Waals surface area contributed by atoms with Crippen molar-refractivity contribution in [3.05, 3.63) is 30.3 Å². The van der Waals surface area contributed by atoms with Gasteiger partial charge in [-0.05, 0) is 24.5 Å². The van der Waals surface area contributed by atoms with Crippen LogP contribution in [0.2, 0.25) is 0 Å². The van der Waals surface area contributed by atoms with Gasteiger partial charge in [-0.2, -0.15) is 5.48 Å². The fourth-order valence-electron chi connectivity index (χ4n) is 3.04. The van der Waals surface area contributed by atoms with Crippen LogP contribution in [-0.4, -0.2) is 49.2 Å². The first kappa shape index (κ1) is 20.0. The number of benzene rings is 1. The van der Waals surface area contributed by atoms with Gasteiger partial charge in [0.25, 0.3) is 0 Å². The van der Waals surface area contributed by atoms with E-state index >= 15 is 0 Å². The molecule has 1 aliphatic heterocycles. The van der Waals surface area contributed by atoms with E-state index < -0.39 is 12.0 Å². The van der Waals surface area contributed by atoms with Gasteiger partial charge in [-0.25, -0.2) is 9.59 Å². The number of hydroxylamine groups is 1. The third-order valence-corrected chi connectivity index (χ3v) is 4.39. The molecule has 7 nitrogen and oxygen atoms in total. The minimum atomic E-state index is -0.487. The lowest BCUT2D eigenvalue weighted by Gasteiger charge is -2.40. The van der Waals surface area contributed by atoms with E-state index in [0.717, 1.165) is 32.6 Å². The van der Waals surface area contributed by atoms with Crippen LogP contribution >= 0.6 is 0 Å². The van der Waals surface area contributed by atoms with Crippen LogP contribution in [-0.2, 0) is 9.63 Å². The fourth-order valence-corrected chi connectivity index (χ4v) is 3.04. The highest BCUT2D eigenvalue weighted by atomic mass is 16.7. The number of hydrogen-bond donors (Lipinski definition) is 2. The summed E-state index contributed by atoms with van der Waals surface area (Å²) in [6.45, 7) is 9.41. The van der Waals surface area contributed by atoms with Crippen LogP contribution in [0.4, 0.5) is 10.5 Å². The Bertz CT molecular complexity index is 571. The molecule has 0 radical (unpaired) electrons. The molecule has 144 valence electrons. The number of piperazine rings is 1. The van der Waals surface area contributed by atoms with Crippen molar-refractivity contribution in [3.63, 3.8) is 0 Å². The molecule has 2 N–H and O–H groups in total. The number of carbonyl (C=O) groups excluding carboxylic acids is 2. The SMILES string of the molecule is CCC(NC(=O)NOC(=O)CC(C)C)N1CCN(c2ccccc2)CC1. The Morgan fingerprint density at radius 3 is 2.35 bits per heavy atom. The standard InChI is InChI=1S/C19H30N4O3/c1-4-17(20-19(25)21-26-18(24)14-15(2)3)23-12-10-22(11-13-23)16-8-6-5-7-9-16/h5-9,15,17H,4,10-14H2,1-3H3,(H2,20,21,25). The number of urea groups is 1. The Morgan fingerprint density at radius 2 is 1.77 bits per heavy atom. The number of para-hydroxylation sites is 1. The molecule has 7 heteroatoms. The van der Waals surface area contributed by atoms with Crippen molar-refractivity contribution in [2.24, 2.45) is 5.92 Å². The summed E-state index contributed by atoms with van der Waals surface area (Å²) in [6, 6.07) is 9.85. The molecule has 26 heavy (non-hydrogen) atoms. The summed E-state index contributed by atoms with van der Waals surface area (Å²) in [5.41, 5.74) is 3.41. The van der Waals surface area contributed by atoms with Gasteiger partial charge in [0.05, 0.1) is 12.6 Å². The molecule has 1 saturated heterocycles. The van der Waals surface area contributed by atoms with E-state index in [1.54, 1.807) is 0 Å². The first-order valence-corrected chi connectivity index (χ1v) is 9.29. The highest BCUT2D eigenvalue weighted by Crippen LogP contribution is 2.16. The van der Waals surface area contributed by atoms with Gasteiger partial charge in [0.15, 0.2) is 0 Å². The van der Waals surface area contributed by atoms with Crippen LogP contribution < -0.4 is 15.7 Å². The average Bonchev–Trinajstić information content (AvgIpc) is 2.65. The normalized spacial score (nSPS) is 16.2. The summed E-state index contributed by atoms with van der Waals surface area (Å²) in [6.07, 6.45) is 0.967. The molecule has 0 spiro atoms. The number of rotatable bonds is 6. The maximum atomic E-state index is 12.0. The number of nitrogens with zero attached hydrogens (tertiary/aromatic N) is 2. The van der Waals surface area contributed by atoms with Crippen LogP contribution in [0.5, 0.6) is 0 Å². The van der Waals surface area contributed by atoms with Crippen molar-refractivity contribution < 1.29 is 14.4 Å². The summed E-state index contributed by atoms with van der Waals surface area (Å²) < 4.78 is 0. The van der Waals surface area contributed by atoms with Gasteiger partial charge < -0.3 is 15.1 Å². The maximum absolute atomic E-state index is 12.0. The van der Waals surface area contributed by atoms with Crippen molar-refractivity contribution in [2.45, 2.75) is 39.8 Å². The van der Waals surface area contributed by atoms with Crippen molar-refractivity contribution in [1.82, 2.24) is 15.7 Å². The van der Waals surface area contributed by atoms with Crippen LogP contribution in [0.3, 0.4) is 0 Å². The van der Waals surface area contributed by atoms with E-state index in [1.165, 1.54) is 5.69 Å². The first-order valence-electron chi connectivity index (χ1n) is 9.29. The lowest BCUT2D eigenvalue weighted by Crippen LogP contribution is -2.57. The third-order valence-electron chi connectivity index (χ3n) is 4.39. The molecule has 1 fully saturated rings. The molecule has 2 rings (SSSR count). The second-order valence-electron chi connectivity index (χ2n) is 6.93. The third kappa shape index (κ3) is 6.22. The van der Waals surface area contributed by atoms with E-state index in [4.69, 9.17) is 4.84 Å². The Kier molecular flexibility index (Phi) is 7.72. The summed E-state index contributed by atoms with van der Waals surface area (Å²) >= 11 is 0. The van der Waals surface area contributed by atoms with Crippen LogP contribution in [0.15, 0.2) is 30.3 Å². The zero-order valence-electron chi connectivity index (χ0n) is 15.9. The van der Waals surface area contributed by atoms with Gasteiger partial charge in [0.2, 0.25) is 0 Å². The van der Waals surface area contributed by atoms with Gasteiger partial charge in [0, 0.05) is 31.9 Å². The van der Waals surface area contributed by atoms with Crippen LogP contribution in [0.1, 0.15) is 33.6 Å². The minimum Gasteiger partial charge on any atom is -0.369 e. The fraction of sp³-hybridized carbons (Fsp3) is 0.579. The topological polar surface area (TPSA) is 73.9 Å². The molecule has 0 aromatic heterocycles. The molecule has 1 aliphatic rings. The van der Waals surface area contributed by atoms with E-state index in [2.05, 4.69) is 32.7 Å². The zero-order chi connectivity index (χ0) is 18.9. The summed E-state index contributed by atoms with van der Waals surface area (Å²) in [7, 11) is 0. The summed E-state index contributed by atoms with van der Waals surface area (Å²) in [5, 5.41) is 2.88. The number of nitrogens with one attached hydrogen (secondary N) is 2. The first-order chi connectivity index (χ1) is 12.5. The number of carbonyl (C=O) groups is 2. The smallest absolute Gasteiger partial charge is 0.349 e. The van der Waals surface area contributed by atoms with E-state index in [1.807, 2.05) is 39.0 Å². The van der Waals surface area contributed by atoms with E-state index in [9.17, 15) is 9.59 Å². The Morgan fingerprint density at radius 1 is 1.12 bits per heavy atom. The van der Waals surface area contributed by atoms with Crippen LogP contribution in [0.25, 0.3) is 0 Å². The molecule has 0 bridgehead atoms. The predicted octanol–water partition coefficient (Wildman–Crippen LogP) is 2.35. The van der Waals surface area contributed by atoms with Crippen molar-refractivity contribution in [2.75, 3.05) is 31.1 Å². The monoisotopic (exact) mass is 362 g/mol. The molecule has 1 unspecified atom stereocenters. The highest BCUT2D eigenvalue weighted by Gasteiger charge is 2.24. The molecular weight excluding hydrogens is 332 g/mol. The second kappa shape index (κ2) is 10.0. The average molecular weight is 362 g/mol. The molecular formula is C19H30N4O3. The van der Waals surface area contributed by atoms with Gasteiger partial charge in [-0.1, -0.05) is 39.0 Å². The lowest BCUT2D eigenvalue weighted by atomic mass is 10.1. The Hall–Kier alpha value is -2.28. The Balaban J connectivity index is 1.76. The molecule has 1 heterocycles. The van der Waals surface area contributed by atoms with Crippen molar-refractivity contribution >= 4 is 17.7 Å². The van der Waals surface area contributed by atoms with E-state index in [-0.39, 0.29) is 18.5 Å². The molecule has 0 saturated carbocycles. The molecule has 1 aromatic rings. The highest BCUT2D eigenvalue weighted by molar-refractivity contribution is 5.76. The molecule has 1 atom stereocenters. The minimum absolute atomic E-state index is 0.0864. The largest absolute Gasteiger partial charge is 0.369 e. The lowest BCUT2D eigenvalue weighted by molar-refractivity contribution is -0.149. The number of hydrogen-bond acceptors (Lipinski definition) is 5. The van der Waals surface area contributed by atoms with Gasteiger partial charge in [-0.15, -0.1) is 0 Å². The van der Waals surface area contributed by atoms with Gasteiger partial charge >= 0.3 is 12.0 Å². The van der Waals surface area contributed by atoms with Gasteiger partial charge in [0.1, 0.15) is 0 Å². The Labute approximate surface area is 155 Å². The quantitative estimate of drug-likeness (QED) is 0.760. The molecule has 1 aromatic carbocycles. The second-order valence-corrected chi connectivity index (χ2v) is 6.93. The summed E-state index contributed by atoms with van der Waals surface area (Å²) in [5.74, 6) is -0.240. The van der Waals surface area contributed by atoms with E-state index in [0.29, 0.717) is 0 Å². The summed E-state index contributed by atoms with van der Waals surface area (Å²) in [4.78, 5) is 32.9. The maximum Gasteiger partial charge on any atom is 0.349 e. The van der Waals surface area contributed by atoms with Crippen molar-refractivity contribution in [3.8, 4) is 0 Å². The predicted molar refractivity (Wildman–Crippen MR) is 102 cm³/mol. The number of amides is 2. The van der Waals surface area contributed by atoms with Crippen molar-refractivity contribution in [1.29, 1.82) is 0 Å². The molecule has 2 amide bonds. The number of anilines is 1. The van der Waals surface area contributed by atoms with Crippen LogP contribution in [0, 0.1) is 5.92 Å². The van der Waals surface area contributed by atoms with Gasteiger partial charge in [-0.3, -0.25) is 4.90 Å². The zero-order valence-corrected chi connectivity index (χ0v) is 15.9.